The third-order valence-corrected chi connectivity index (χ3v) is 3.53. The first-order valence-corrected chi connectivity index (χ1v) is 6.56. The summed E-state index contributed by atoms with van der Waals surface area (Å²) in [4.78, 5) is 13.6. The van der Waals surface area contributed by atoms with Crippen LogP contribution in [0.5, 0.6) is 0 Å². The summed E-state index contributed by atoms with van der Waals surface area (Å²) in [6, 6.07) is -0.502. The van der Waals surface area contributed by atoms with Crippen molar-refractivity contribution in [3.05, 3.63) is 0 Å². The summed E-state index contributed by atoms with van der Waals surface area (Å²) in [6.45, 7) is 2.86. The van der Waals surface area contributed by atoms with Gasteiger partial charge in [0.25, 0.3) is 0 Å². The van der Waals surface area contributed by atoms with Crippen LogP contribution in [0.3, 0.4) is 0 Å². The quantitative estimate of drug-likeness (QED) is 0.790. The van der Waals surface area contributed by atoms with E-state index >= 15 is 0 Å². The van der Waals surface area contributed by atoms with E-state index in [4.69, 9.17) is 0 Å². The monoisotopic (exact) mass is 281 g/mol. The van der Waals surface area contributed by atoms with Crippen LogP contribution in [0.4, 0.5) is 13.2 Å². The Bertz CT molecular complexity index is 288. The number of alkyl halides is 3. The van der Waals surface area contributed by atoms with Crippen LogP contribution in [0, 0.1) is 5.92 Å². The number of hydrogen-bond donors (Lipinski definition) is 2. The number of halogens is 3. The highest BCUT2D eigenvalue weighted by Gasteiger charge is 2.31. The van der Waals surface area contributed by atoms with Crippen LogP contribution < -0.4 is 10.6 Å². The Labute approximate surface area is 111 Å². The van der Waals surface area contributed by atoms with Crippen LogP contribution in [-0.4, -0.2) is 56.3 Å². The zero-order valence-electron chi connectivity index (χ0n) is 11.4. The molecular formula is C12H22F3N3O. The van der Waals surface area contributed by atoms with Crippen molar-refractivity contribution < 1.29 is 18.0 Å². The van der Waals surface area contributed by atoms with Gasteiger partial charge in [-0.25, -0.2) is 0 Å². The minimum atomic E-state index is -4.35. The standard InChI is InChI=1S/C12H22F3N3O/c1-9(11(19)17-8-12(13,14)15)18-5-3-10(4-6-18)7-16-2/h9-10,16H,3-8H2,1-2H3,(H,17,19). The van der Waals surface area contributed by atoms with E-state index in [0.29, 0.717) is 5.92 Å². The second kappa shape index (κ2) is 7.09. The molecule has 0 aromatic heterocycles. The highest BCUT2D eigenvalue weighted by Crippen LogP contribution is 2.18. The SMILES string of the molecule is CNCC1CCN(C(C)C(=O)NCC(F)(F)F)CC1. The number of amides is 1. The molecule has 112 valence electrons. The summed E-state index contributed by atoms with van der Waals surface area (Å²) in [7, 11) is 1.90. The molecule has 0 aliphatic carbocycles. The number of nitrogens with one attached hydrogen (secondary N) is 2. The molecule has 4 nitrogen and oxygen atoms in total. The number of piperidine rings is 1. The molecule has 0 radical (unpaired) electrons. The molecule has 1 aliphatic rings. The topological polar surface area (TPSA) is 44.4 Å². The van der Waals surface area contributed by atoms with E-state index in [0.717, 1.165) is 32.5 Å². The van der Waals surface area contributed by atoms with Crippen molar-refractivity contribution in [3.63, 3.8) is 0 Å². The van der Waals surface area contributed by atoms with Gasteiger partial charge in [-0.1, -0.05) is 0 Å². The lowest BCUT2D eigenvalue weighted by Gasteiger charge is -2.35. The van der Waals surface area contributed by atoms with Gasteiger partial charge in [0.2, 0.25) is 5.91 Å². The van der Waals surface area contributed by atoms with Crippen molar-refractivity contribution in [3.8, 4) is 0 Å². The average Bonchev–Trinajstić information content (AvgIpc) is 2.35. The Hall–Kier alpha value is -0.820. The fraction of sp³-hybridized carbons (Fsp3) is 0.917. The zero-order chi connectivity index (χ0) is 14.5. The maximum atomic E-state index is 12.0. The second-order valence-electron chi connectivity index (χ2n) is 5.05. The Morgan fingerprint density at radius 1 is 1.37 bits per heavy atom. The molecule has 2 N–H and O–H groups in total. The van der Waals surface area contributed by atoms with Gasteiger partial charge >= 0.3 is 6.18 Å². The first kappa shape index (κ1) is 16.2. The molecule has 7 heteroatoms. The lowest BCUT2D eigenvalue weighted by atomic mass is 9.96. The molecule has 0 spiro atoms. The van der Waals surface area contributed by atoms with Gasteiger partial charge in [-0.15, -0.1) is 0 Å². The molecule has 19 heavy (non-hydrogen) atoms. The zero-order valence-corrected chi connectivity index (χ0v) is 11.4. The van der Waals surface area contributed by atoms with Crippen LogP contribution in [0.1, 0.15) is 19.8 Å². The number of carbonyl (C=O) groups is 1. The Kier molecular flexibility index (Phi) is 6.06. The third kappa shape index (κ3) is 5.78. The first-order valence-electron chi connectivity index (χ1n) is 6.56. The number of rotatable bonds is 5. The van der Waals surface area contributed by atoms with Crippen LogP contribution in [0.15, 0.2) is 0 Å². The first-order chi connectivity index (χ1) is 8.83. The van der Waals surface area contributed by atoms with Gasteiger partial charge in [-0.2, -0.15) is 13.2 Å². The van der Waals surface area contributed by atoms with Crippen LogP contribution in [0.25, 0.3) is 0 Å². The van der Waals surface area contributed by atoms with Crippen molar-refractivity contribution in [1.29, 1.82) is 0 Å². The molecule has 1 rings (SSSR count). The van der Waals surface area contributed by atoms with Gasteiger partial charge in [0.05, 0.1) is 6.04 Å². The summed E-state index contributed by atoms with van der Waals surface area (Å²) in [5, 5.41) is 5.06. The largest absolute Gasteiger partial charge is 0.405 e. The number of nitrogens with zero attached hydrogens (tertiary/aromatic N) is 1. The summed E-state index contributed by atoms with van der Waals surface area (Å²) in [5.74, 6) is 0.0380. The Morgan fingerprint density at radius 3 is 2.42 bits per heavy atom. The van der Waals surface area contributed by atoms with E-state index in [-0.39, 0.29) is 0 Å². The normalized spacial score (nSPS) is 20.3. The smallest absolute Gasteiger partial charge is 0.346 e. The predicted molar refractivity (Wildman–Crippen MR) is 66.8 cm³/mol. The second-order valence-corrected chi connectivity index (χ2v) is 5.05. The van der Waals surface area contributed by atoms with E-state index in [2.05, 4.69) is 5.32 Å². The fourth-order valence-electron chi connectivity index (χ4n) is 2.33. The van der Waals surface area contributed by atoms with Crippen molar-refractivity contribution in [1.82, 2.24) is 15.5 Å². The van der Waals surface area contributed by atoms with E-state index in [1.165, 1.54) is 0 Å². The lowest BCUT2D eigenvalue weighted by molar-refractivity contribution is -0.141. The summed E-state index contributed by atoms with van der Waals surface area (Å²) < 4.78 is 36.1. The highest BCUT2D eigenvalue weighted by atomic mass is 19.4. The summed E-state index contributed by atoms with van der Waals surface area (Å²) in [6.07, 6.45) is -2.41. The average molecular weight is 281 g/mol. The molecule has 1 heterocycles. The molecule has 1 saturated heterocycles. The van der Waals surface area contributed by atoms with Gasteiger partial charge < -0.3 is 10.6 Å². The minimum absolute atomic E-state index is 0.502. The highest BCUT2D eigenvalue weighted by molar-refractivity contribution is 5.81. The molecule has 0 aromatic rings. The number of hydrogen-bond acceptors (Lipinski definition) is 3. The molecular weight excluding hydrogens is 259 g/mol. The van der Waals surface area contributed by atoms with Gasteiger partial charge in [-0.05, 0) is 52.4 Å². The summed E-state index contributed by atoms with van der Waals surface area (Å²) in [5.41, 5.74) is 0. The van der Waals surface area contributed by atoms with E-state index in [1.807, 2.05) is 17.3 Å². The Balaban J connectivity index is 2.34. The molecule has 1 fully saturated rings. The van der Waals surface area contributed by atoms with Crippen LogP contribution >= 0.6 is 0 Å². The van der Waals surface area contributed by atoms with Crippen molar-refractivity contribution >= 4 is 5.91 Å². The van der Waals surface area contributed by atoms with Gasteiger partial charge in [0.1, 0.15) is 6.54 Å². The molecule has 1 aliphatic heterocycles. The molecule has 0 saturated carbocycles. The van der Waals surface area contributed by atoms with Crippen LogP contribution in [-0.2, 0) is 4.79 Å². The van der Waals surface area contributed by atoms with Gasteiger partial charge in [0.15, 0.2) is 0 Å². The molecule has 1 atom stereocenters. The van der Waals surface area contributed by atoms with Crippen molar-refractivity contribution in [2.75, 3.05) is 33.2 Å². The number of carbonyl (C=O) groups excluding carboxylic acids is 1. The van der Waals surface area contributed by atoms with Crippen LogP contribution in [0.2, 0.25) is 0 Å². The molecule has 0 bridgehead atoms. The molecule has 1 unspecified atom stereocenters. The van der Waals surface area contributed by atoms with Crippen molar-refractivity contribution in [2.24, 2.45) is 5.92 Å². The Morgan fingerprint density at radius 2 is 1.95 bits per heavy atom. The van der Waals surface area contributed by atoms with E-state index < -0.39 is 24.7 Å². The fourth-order valence-corrected chi connectivity index (χ4v) is 2.33. The number of likely N-dealkylation sites (tertiary alicyclic amines) is 1. The third-order valence-electron chi connectivity index (χ3n) is 3.53. The summed E-state index contributed by atoms with van der Waals surface area (Å²) >= 11 is 0. The maximum absolute atomic E-state index is 12.0. The lowest BCUT2D eigenvalue weighted by Crippen LogP contribution is -2.50. The molecule has 0 aromatic carbocycles. The minimum Gasteiger partial charge on any atom is -0.346 e. The van der Waals surface area contributed by atoms with Gasteiger partial charge in [-0.3, -0.25) is 9.69 Å². The van der Waals surface area contributed by atoms with E-state index in [1.54, 1.807) is 6.92 Å². The van der Waals surface area contributed by atoms with E-state index in [9.17, 15) is 18.0 Å². The molecule has 1 amide bonds. The maximum Gasteiger partial charge on any atom is 0.405 e. The van der Waals surface area contributed by atoms with Gasteiger partial charge in [0, 0.05) is 0 Å². The van der Waals surface area contributed by atoms with Crippen molar-refractivity contribution in [2.45, 2.75) is 32.0 Å². The predicted octanol–water partition coefficient (Wildman–Crippen LogP) is 0.985.